The molecule has 9 nitrogen and oxygen atoms in total. The number of hydrogen-bond donors (Lipinski definition) is 4. The maximum atomic E-state index is 12.1. The van der Waals surface area contributed by atoms with Crippen LogP contribution in [0.1, 0.15) is 42.0 Å². The zero-order chi connectivity index (χ0) is 27.0. The van der Waals surface area contributed by atoms with Crippen LogP contribution in [0.4, 0.5) is 11.4 Å². The van der Waals surface area contributed by atoms with Gasteiger partial charge in [-0.15, -0.1) is 11.3 Å². The maximum Gasteiger partial charge on any atom is 0.226 e. The van der Waals surface area contributed by atoms with Crippen molar-refractivity contribution in [3.05, 3.63) is 77.3 Å². The number of thiophene rings is 1. The smallest absolute Gasteiger partial charge is 0.226 e. The van der Waals surface area contributed by atoms with Crippen molar-refractivity contribution in [2.24, 2.45) is 5.92 Å². The second-order valence-corrected chi connectivity index (χ2v) is 10.2. The number of nitrogens with zero attached hydrogens (tertiary/aromatic N) is 3. The third-order valence-electron chi connectivity index (χ3n) is 5.96. The van der Waals surface area contributed by atoms with E-state index in [4.69, 9.17) is 11.1 Å². The first-order chi connectivity index (χ1) is 18.2. The molecule has 1 amide bonds. The Balaban J connectivity index is 1.50. The minimum atomic E-state index is -0.143. The van der Waals surface area contributed by atoms with Crippen LogP contribution in [0.25, 0.3) is 32.7 Å². The Morgan fingerprint density at radius 2 is 1.89 bits per heavy atom. The number of carbonyl (C=O) groups excluding carboxylic acids is 2. The van der Waals surface area contributed by atoms with Gasteiger partial charge in [-0.3, -0.25) is 20.0 Å². The van der Waals surface area contributed by atoms with E-state index in [0.29, 0.717) is 38.8 Å². The Bertz CT molecular complexity index is 1720. The van der Waals surface area contributed by atoms with Crippen molar-refractivity contribution in [3.8, 4) is 21.7 Å². The Morgan fingerprint density at radius 1 is 1.08 bits per heavy atom. The van der Waals surface area contributed by atoms with Crippen molar-refractivity contribution in [2.75, 3.05) is 11.1 Å². The molecule has 0 aliphatic rings. The number of aromatic nitrogens is 4. The van der Waals surface area contributed by atoms with Gasteiger partial charge >= 0.3 is 0 Å². The number of Topliss-reactive ketones (excluding diaryl/α,β-unsaturated/α-hetero) is 1. The summed E-state index contributed by atoms with van der Waals surface area (Å²) in [7, 11) is 0. The summed E-state index contributed by atoms with van der Waals surface area (Å²) in [5.41, 5.74) is 11.0. The first-order valence-corrected chi connectivity index (χ1v) is 12.7. The average molecular weight is 524 g/mol. The molecule has 190 valence electrons. The summed E-state index contributed by atoms with van der Waals surface area (Å²) in [6.07, 6.45) is 3.34. The van der Waals surface area contributed by atoms with Gasteiger partial charge in [0.15, 0.2) is 11.6 Å². The molecule has 4 heterocycles. The van der Waals surface area contributed by atoms with E-state index in [0.717, 1.165) is 16.0 Å². The lowest BCUT2D eigenvalue weighted by molar-refractivity contribution is -0.118. The minimum absolute atomic E-state index is 0.000138. The number of amides is 1. The van der Waals surface area contributed by atoms with Crippen LogP contribution >= 0.6 is 11.3 Å². The van der Waals surface area contributed by atoms with E-state index in [9.17, 15) is 9.59 Å². The van der Waals surface area contributed by atoms with Gasteiger partial charge in [0.05, 0.1) is 28.0 Å². The predicted octanol–water partition coefficient (Wildman–Crippen LogP) is 5.54. The third-order valence-corrected chi connectivity index (χ3v) is 7.18. The molecule has 10 heteroatoms. The Labute approximate surface area is 222 Å². The van der Waals surface area contributed by atoms with Crippen LogP contribution in [0.15, 0.2) is 60.9 Å². The number of benzene rings is 1. The van der Waals surface area contributed by atoms with Crippen LogP contribution in [0.5, 0.6) is 0 Å². The van der Waals surface area contributed by atoms with Crippen LogP contribution < -0.4 is 11.1 Å². The number of rotatable bonds is 7. The first-order valence-electron chi connectivity index (χ1n) is 11.9. The van der Waals surface area contributed by atoms with E-state index in [2.05, 4.69) is 25.3 Å². The van der Waals surface area contributed by atoms with E-state index >= 15 is 0 Å². The van der Waals surface area contributed by atoms with E-state index < -0.39 is 0 Å². The molecule has 0 aliphatic carbocycles. The highest BCUT2D eigenvalue weighted by Crippen LogP contribution is 2.33. The van der Waals surface area contributed by atoms with Crippen molar-refractivity contribution in [1.29, 1.82) is 5.41 Å². The first kappa shape index (κ1) is 25.0. The lowest BCUT2D eigenvalue weighted by Crippen LogP contribution is -2.17. The van der Waals surface area contributed by atoms with Crippen LogP contribution in [0.3, 0.4) is 0 Å². The molecule has 0 saturated carbocycles. The highest BCUT2D eigenvalue weighted by Gasteiger charge is 2.19. The molecule has 4 aromatic heterocycles. The number of fused-ring (bicyclic) bond motifs is 1. The number of ketones is 1. The molecule has 1 aromatic carbocycles. The summed E-state index contributed by atoms with van der Waals surface area (Å²) < 4.78 is 0. The van der Waals surface area contributed by atoms with Crippen LogP contribution in [-0.4, -0.2) is 37.3 Å². The summed E-state index contributed by atoms with van der Waals surface area (Å²) in [5.74, 6) is 0.0802. The monoisotopic (exact) mass is 523 g/mol. The summed E-state index contributed by atoms with van der Waals surface area (Å²) >= 11 is 1.38. The third kappa shape index (κ3) is 4.81. The van der Waals surface area contributed by atoms with Gasteiger partial charge < -0.3 is 16.0 Å². The van der Waals surface area contributed by atoms with Gasteiger partial charge in [0, 0.05) is 33.8 Å². The Morgan fingerprint density at radius 3 is 2.63 bits per heavy atom. The number of nitrogen functional groups attached to an aromatic ring is 1. The number of H-pyrrole nitrogens is 1. The van der Waals surface area contributed by atoms with Gasteiger partial charge in [0.25, 0.3) is 0 Å². The van der Waals surface area contributed by atoms with Crippen molar-refractivity contribution >= 4 is 51.1 Å². The van der Waals surface area contributed by atoms with Gasteiger partial charge in [0.1, 0.15) is 16.9 Å². The minimum Gasteiger partial charge on any atom is -0.397 e. The fourth-order valence-electron chi connectivity index (χ4n) is 3.89. The van der Waals surface area contributed by atoms with E-state index in [-0.39, 0.29) is 29.0 Å². The molecule has 0 aliphatic heterocycles. The molecule has 0 saturated heterocycles. The number of nitrogens with one attached hydrogen (secondary N) is 3. The molecule has 5 rings (SSSR count). The van der Waals surface area contributed by atoms with Crippen LogP contribution in [0, 0.1) is 11.3 Å². The van der Waals surface area contributed by atoms with Crippen molar-refractivity contribution in [2.45, 2.75) is 20.8 Å². The number of pyridine rings is 2. The van der Waals surface area contributed by atoms with Crippen molar-refractivity contribution < 1.29 is 9.59 Å². The number of carbonyl (C=O) groups is 2. The predicted molar refractivity (Wildman–Crippen MR) is 151 cm³/mol. The normalized spacial score (nSPS) is 11.2. The second kappa shape index (κ2) is 9.98. The zero-order valence-electron chi connectivity index (χ0n) is 21.0. The molecule has 0 atom stereocenters. The second-order valence-electron chi connectivity index (χ2n) is 9.12. The highest BCUT2D eigenvalue weighted by molar-refractivity contribution is 7.17. The van der Waals surface area contributed by atoms with Crippen molar-refractivity contribution in [1.82, 2.24) is 19.9 Å². The molecule has 0 bridgehead atoms. The zero-order valence-corrected chi connectivity index (χ0v) is 21.8. The van der Waals surface area contributed by atoms with Gasteiger partial charge in [-0.1, -0.05) is 26.0 Å². The molecule has 38 heavy (non-hydrogen) atoms. The van der Waals surface area contributed by atoms with E-state index in [1.165, 1.54) is 18.3 Å². The van der Waals surface area contributed by atoms with Gasteiger partial charge in [-0.05, 0) is 43.3 Å². The number of hydrogen-bond acceptors (Lipinski definition) is 8. The average Bonchev–Trinajstić information content (AvgIpc) is 3.56. The number of aromatic amines is 1. The lowest BCUT2D eigenvalue weighted by atomic mass is 10.1. The van der Waals surface area contributed by atoms with Crippen LogP contribution in [0.2, 0.25) is 0 Å². The van der Waals surface area contributed by atoms with Gasteiger partial charge in [-0.25, -0.2) is 9.97 Å². The molecule has 0 radical (unpaired) electrons. The van der Waals surface area contributed by atoms with Crippen LogP contribution in [-0.2, 0) is 4.79 Å². The SMILES string of the molecule is CC(=O)c1ccc(-c2cncc3[nH]c(C(=N)c4nc(-c5cccc(NC(=O)C(C)C)c5)ccc4N)nc23)s1. The molecule has 0 spiro atoms. The fraction of sp³-hybridized carbons (Fsp3) is 0.143. The number of nitrogens with two attached hydrogens (primary N) is 1. The summed E-state index contributed by atoms with van der Waals surface area (Å²) in [6.45, 7) is 5.20. The highest BCUT2D eigenvalue weighted by atomic mass is 32.1. The molecule has 5 aromatic rings. The quantitative estimate of drug-likeness (QED) is 0.162. The number of imidazole rings is 1. The standard InChI is InChI=1S/C28H25N7O2S/c1-14(2)28(37)32-17-6-4-5-16(11-17)20-8-7-19(29)26(33-20)24(30)27-34-21-13-31-12-18(25(21)35-27)23-10-9-22(38-23)15(3)36/h4-14,30H,29H2,1-3H3,(H,32,37)(H,34,35). The molecular formula is C28H25N7O2S. The molecule has 5 N–H and O–H groups in total. The molecule has 0 fully saturated rings. The number of anilines is 2. The van der Waals surface area contributed by atoms with E-state index in [1.807, 2.05) is 44.2 Å². The molecule has 0 unspecified atom stereocenters. The Kier molecular flexibility index (Phi) is 6.56. The summed E-state index contributed by atoms with van der Waals surface area (Å²) in [5, 5.41) is 11.8. The van der Waals surface area contributed by atoms with E-state index in [1.54, 1.807) is 30.6 Å². The largest absolute Gasteiger partial charge is 0.397 e. The summed E-state index contributed by atoms with van der Waals surface area (Å²) in [6, 6.07) is 14.5. The Hall–Kier alpha value is -4.70. The van der Waals surface area contributed by atoms with Gasteiger partial charge in [-0.2, -0.15) is 0 Å². The lowest BCUT2D eigenvalue weighted by Gasteiger charge is -2.11. The van der Waals surface area contributed by atoms with Gasteiger partial charge in [0.2, 0.25) is 5.91 Å². The topological polar surface area (TPSA) is 150 Å². The van der Waals surface area contributed by atoms with Crippen molar-refractivity contribution in [3.63, 3.8) is 0 Å². The summed E-state index contributed by atoms with van der Waals surface area (Å²) in [4.78, 5) is 42.2. The molecular weight excluding hydrogens is 498 g/mol. The fourth-order valence-corrected chi connectivity index (χ4v) is 4.80. The maximum absolute atomic E-state index is 12.1.